The molecule has 0 saturated carbocycles. The first-order valence-corrected chi connectivity index (χ1v) is 12.7. The molecule has 0 saturated heterocycles. The Kier molecular flexibility index (Phi) is 8.96. The van der Waals surface area contributed by atoms with Crippen LogP contribution in [-0.4, -0.2) is 56.7 Å². The highest BCUT2D eigenvalue weighted by Crippen LogP contribution is 2.40. The lowest BCUT2D eigenvalue weighted by Crippen LogP contribution is -2.27. The molecular weight excluding hydrogens is 474 g/mol. The van der Waals surface area contributed by atoms with E-state index in [0.717, 1.165) is 24.0 Å². The van der Waals surface area contributed by atoms with Crippen LogP contribution in [0.3, 0.4) is 0 Å². The van der Waals surface area contributed by atoms with Crippen LogP contribution in [0.5, 0.6) is 17.4 Å². The number of benzene rings is 1. The molecule has 0 aliphatic heterocycles. The molecule has 2 aromatic heterocycles. The first-order chi connectivity index (χ1) is 17.5. The van der Waals surface area contributed by atoms with E-state index in [2.05, 4.69) is 24.0 Å². The fourth-order valence-electron chi connectivity index (χ4n) is 4.04. The molecule has 0 atom stereocenters. The summed E-state index contributed by atoms with van der Waals surface area (Å²) in [5, 5.41) is 26.7. The van der Waals surface area contributed by atoms with Gasteiger partial charge in [0.05, 0.1) is 19.8 Å². The van der Waals surface area contributed by atoms with Gasteiger partial charge in [0, 0.05) is 35.8 Å². The van der Waals surface area contributed by atoms with Gasteiger partial charge in [0.2, 0.25) is 11.5 Å². The van der Waals surface area contributed by atoms with Crippen molar-refractivity contribution in [2.45, 2.75) is 78.9 Å². The molecule has 0 aliphatic carbocycles. The molecule has 0 radical (unpaired) electrons. The highest BCUT2D eigenvalue weighted by atomic mass is 16.5. The maximum Gasteiger partial charge on any atom is 0.242 e. The van der Waals surface area contributed by atoms with Crippen molar-refractivity contribution in [3.8, 4) is 17.4 Å². The Balaban J connectivity index is 1.99. The Labute approximate surface area is 217 Å². The van der Waals surface area contributed by atoms with Gasteiger partial charge in [0.25, 0.3) is 0 Å². The molecule has 10 heteroatoms. The second kappa shape index (κ2) is 11.8. The second-order valence-corrected chi connectivity index (χ2v) is 10.1. The Hall–Kier alpha value is -3.40. The Bertz CT molecular complexity index is 1300. The number of aryl methyl sites for hydroxylation is 1. The summed E-state index contributed by atoms with van der Waals surface area (Å²) in [6, 6.07) is 5.27. The van der Waals surface area contributed by atoms with Crippen LogP contribution in [0, 0.1) is 12.3 Å². The van der Waals surface area contributed by atoms with Gasteiger partial charge in [-0.1, -0.05) is 34.6 Å². The zero-order chi connectivity index (χ0) is 27.3. The molecule has 0 spiro atoms. The highest BCUT2D eigenvalue weighted by Gasteiger charge is 2.25. The average Bonchev–Trinajstić information content (AvgIpc) is 3.17. The minimum atomic E-state index is -0.320. The number of aliphatic hydroxyl groups excluding tert-OH is 1. The number of ketones is 1. The maximum absolute atomic E-state index is 13.4. The Morgan fingerprint density at radius 3 is 2.46 bits per heavy atom. The average molecular weight is 514 g/mol. The third-order valence-electron chi connectivity index (χ3n) is 6.19. The number of ether oxygens (including phenoxy) is 3. The summed E-state index contributed by atoms with van der Waals surface area (Å²) in [5.74, 6) is 1.21. The molecular formula is C27H39N5O5. The van der Waals surface area contributed by atoms with Gasteiger partial charge in [-0.3, -0.25) is 10.2 Å². The Morgan fingerprint density at radius 2 is 1.86 bits per heavy atom. The number of rotatable bonds is 12. The lowest BCUT2D eigenvalue weighted by molar-refractivity contribution is 0.0964. The molecule has 10 nitrogen and oxygen atoms in total. The van der Waals surface area contributed by atoms with Crippen LogP contribution in [0.25, 0.3) is 5.65 Å². The summed E-state index contributed by atoms with van der Waals surface area (Å²) in [5.41, 5.74) is 2.20. The lowest BCUT2D eigenvalue weighted by atomic mass is 9.84. The maximum atomic E-state index is 13.4. The monoisotopic (exact) mass is 513 g/mol. The summed E-state index contributed by atoms with van der Waals surface area (Å²) >= 11 is 0. The molecule has 1 aromatic carbocycles. The van der Waals surface area contributed by atoms with E-state index in [9.17, 15) is 4.79 Å². The first-order valence-electron chi connectivity index (χ1n) is 12.7. The van der Waals surface area contributed by atoms with Crippen molar-refractivity contribution in [1.29, 1.82) is 5.41 Å². The normalized spacial score (nSPS) is 11.8. The number of fused-ring (bicyclic) bond motifs is 1. The fraction of sp³-hybridized carbons (Fsp3) is 0.556. The van der Waals surface area contributed by atoms with E-state index in [1.807, 2.05) is 33.8 Å². The summed E-state index contributed by atoms with van der Waals surface area (Å²) in [6.07, 6.45) is 2.20. The molecule has 37 heavy (non-hydrogen) atoms. The third-order valence-corrected chi connectivity index (χ3v) is 6.19. The first kappa shape index (κ1) is 28.2. The standard InChI is InChI=1S/C27H39N5O5/c1-8-19(9-2)37-23-13-17(3)25-30-31(26(28)32(25)29-23)16-21(34)18-14-20(27(4,5)6)24(35-7)22(15-18)36-12-10-11-33/h13-15,19,28,33H,8-12,16H2,1-7H3. The number of carbonyl (C=O) groups excluding carboxylic acids is 1. The minimum Gasteiger partial charge on any atom is -0.493 e. The third kappa shape index (κ3) is 6.30. The van der Waals surface area contributed by atoms with Crippen LogP contribution >= 0.6 is 0 Å². The van der Waals surface area contributed by atoms with Crippen LogP contribution < -0.4 is 19.8 Å². The van der Waals surface area contributed by atoms with Gasteiger partial charge in [-0.2, -0.15) is 4.52 Å². The van der Waals surface area contributed by atoms with E-state index in [4.69, 9.17) is 24.7 Å². The van der Waals surface area contributed by atoms with E-state index in [-0.39, 0.29) is 36.1 Å². The smallest absolute Gasteiger partial charge is 0.242 e. The fourth-order valence-corrected chi connectivity index (χ4v) is 4.04. The van der Waals surface area contributed by atoms with E-state index in [1.165, 1.54) is 9.20 Å². The van der Waals surface area contributed by atoms with Gasteiger partial charge in [0.1, 0.15) is 6.54 Å². The zero-order valence-corrected chi connectivity index (χ0v) is 22.9. The molecule has 0 unspecified atom stereocenters. The molecule has 3 rings (SSSR count). The van der Waals surface area contributed by atoms with Crippen LogP contribution in [0.2, 0.25) is 0 Å². The van der Waals surface area contributed by atoms with Gasteiger partial charge >= 0.3 is 0 Å². The van der Waals surface area contributed by atoms with Crippen molar-refractivity contribution in [2.75, 3.05) is 20.3 Å². The molecule has 0 amide bonds. The Morgan fingerprint density at radius 1 is 1.16 bits per heavy atom. The topological polar surface area (TPSA) is 124 Å². The number of aromatic nitrogens is 4. The largest absolute Gasteiger partial charge is 0.493 e. The molecule has 202 valence electrons. The molecule has 0 bridgehead atoms. The van der Waals surface area contributed by atoms with E-state index >= 15 is 0 Å². The highest BCUT2D eigenvalue weighted by molar-refractivity contribution is 5.97. The number of hydrogen-bond acceptors (Lipinski definition) is 8. The SMILES string of the molecule is CCC(CC)Oc1cc(C)c2nn(CC(=O)c3cc(OCCCO)c(OC)c(C(C)(C)C)c3)c(=N)n2n1. The number of Topliss-reactive ketones (excluding diaryl/α,β-unsaturated/α-hetero) is 1. The summed E-state index contributed by atoms with van der Waals surface area (Å²) in [4.78, 5) is 13.4. The molecule has 0 aliphatic rings. The minimum absolute atomic E-state index is 0.00161. The number of nitrogens with one attached hydrogen (secondary N) is 1. The molecule has 3 aromatic rings. The van der Waals surface area contributed by atoms with Crippen molar-refractivity contribution in [2.24, 2.45) is 0 Å². The summed E-state index contributed by atoms with van der Waals surface area (Å²) in [7, 11) is 1.57. The number of carbonyl (C=O) groups is 1. The predicted octanol–water partition coefficient (Wildman–Crippen LogP) is 3.84. The zero-order valence-electron chi connectivity index (χ0n) is 22.9. The molecule has 2 heterocycles. The van der Waals surface area contributed by atoms with Gasteiger partial charge in [-0.15, -0.1) is 10.2 Å². The van der Waals surface area contributed by atoms with Gasteiger partial charge in [0.15, 0.2) is 22.9 Å². The van der Waals surface area contributed by atoms with Crippen LogP contribution in [0.1, 0.15) is 75.4 Å². The van der Waals surface area contributed by atoms with Crippen LogP contribution in [0.15, 0.2) is 18.2 Å². The summed E-state index contributed by atoms with van der Waals surface area (Å²) < 4.78 is 20.2. The van der Waals surface area contributed by atoms with Gasteiger partial charge in [-0.05, 0) is 37.3 Å². The van der Waals surface area contributed by atoms with E-state index in [0.29, 0.717) is 41.6 Å². The van der Waals surface area contributed by atoms with Crippen molar-refractivity contribution in [1.82, 2.24) is 19.4 Å². The molecule has 0 fully saturated rings. The number of methoxy groups -OCH3 is 1. The number of aliphatic hydroxyl groups is 1. The summed E-state index contributed by atoms with van der Waals surface area (Å²) in [6.45, 7) is 12.2. The van der Waals surface area contributed by atoms with Gasteiger partial charge in [-0.25, -0.2) is 4.68 Å². The van der Waals surface area contributed by atoms with Crippen molar-refractivity contribution in [3.63, 3.8) is 0 Å². The lowest BCUT2D eigenvalue weighted by Gasteiger charge is -2.25. The van der Waals surface area contributed by atoms with E-state index in [1.54, 1.807) is 19.2 Å². The van der Waals surface area contributed by atoms with Crippen molar-refractivity contribution in [3.05, 3.63) is 40.5 Å². The predicted molar refractivity (Wildman–Crippen MR) is 140 cm³/mol. The second-order valence-electron chi connectivity index (χ2n) is 10.1. The van der Waals surface area contributed by atoms with Crippen LogP contribution in [0.4, 0.5) is 0 Å². The number of hydrogen-bond donors (Lipinski definition) is 2. The van der Waals surface area contributed by atoms with Crippen molar-refractivity contribution < 1.29 is 24.1 Å². The quantitative estimate of drug-likeness (QED) is 0.279. The molecule has 2 N–H and O–H groups in total. The van der Waals surface area contributed by atoms with E-state index < -0.39 is 0 Å². The van der Waals surface area contributed by atoms with Gasteiger partial charge < -0.3 is 19.3 Å². The van der Waals surface area contributed by atoms with Crippen LogP contribution in [-0.2, 0) is 12.0 Å². The van der Waals surface area contributed by atoms with Crippen molar-refractivity contribution >= 4 is 11.4 Å². The number of nitrogens with zero attached hydrogens (tertiary/aromatic N) is 4.